The summed E-state index contributed by atoms with van der Waals surface area (Å²) in [5.74, 6) is 1.39. The standard InChI is InChI=1S/C25H25N3O3/c29-23-8-6-17-7-9-25(30)27-22-16-28(14-18-3-2-10-26-13-18)15-21(22)19-4-1-5-20(12-19)31-24(23)11-17/h1-6,8,10-13,21-22,29H,7,9,14-16H2,(H,27,30)/t21-,22+/m0/s1. The number of hydrogen-bond acceptors (Lipinski definition) is 5. The van der Waals surface area contributed by atoms with Gasteiger partial charge in [-0.05, 0) is 53.4 Å². The Morgan fingerprint density at radius 3 is 2.90 bits per heavy atom. The average molecular weight is 415 g/mol. The first-order chi connectivity index (χ1) is 15.1. The fourth-order valence-corrected chi connectivity index (χ4v) is 4.52. The normalized spacial score (nSPS) is 21.1. The van der Waals surface area contributed by atoms with E-state index in [4.69, 9.17) is 4.74 Å². The van der Waals surface area contributed by atoms with Crippen molar-refractivity contribution in [2.45, 2.75) is 31.3 Å². The molecule has 0 radical (unpaired) electrons. The topological polar surface area (TPSA) is 74.7 Å². The summed E-state index contributed by atoms with van der Waals surface area (Å²) in [4.78, 5) is 19.3. The van der Waals surface area contributed by atoms with Crippen molar-refractivity contribution in [2.24, 2.45) is 0 Å². The molecule has 0 unspecified atom stereocenters. The maximum atomic E-state index is 12.8. The Kier molecular flexibility index (Phi) is 5.30. The molecule has 2 aromatic carbocycles. The molecule has 2 N–H and O–H groups in total. The van der Waals surface area contributed by atoms with E-state index in [2.05, 4.69) is 27.3 Å². The quantitative estimate of drug-likeness (QED) is 0.669. The van der Waals surface area contributed by atoms with Crippen LogP contribution in [0.3, 0.4) is 0 Å². The number of phenolic OH excluding ortho intramolecular Hbond substituents is 1. The van der Waals surface area contributed by atoms with Crippen LogP contribution in [0.2, 0.25) is 0 Å². The van der Waals surface area contributed by atoms with Crippen LogP contribution in [0.4, 0.5) is 0 Å². The molecular formula is C25H25N3O3. The lowest BCUT2D eigenvalue weighted by atomic mass is 9.94. The zero-order valence-corrected chi connectivity index (χ0v) is 17.2. The lowest BCUT2D eigenvalue weighted by Crippen LogP contribution is -2.39. The molecule has 3 aromatic rings. The molecule has 1 fully saturated rings. The highest BCUT2D eigenvalue weighted by molar-refractivity contribution is 5.76. The predicted octanol–water partition coefficient (Wildman–Crippen LogP) is 3.61. The van der Waals surface area contributed by atoms with Crippen LogP contribution in [-0.2, 0) is 17.8 Å². The second-order valence-corrected chi connectivity index (χ2v) is 8.31. The molecule has 6 heteroatoms. The van der Waals surface area contributed by atoms with E-state index < -0.39 is 0 Å². The van der Waals surface area contributed by atoms with Crippen molar-refractivity contribution in [3.8, 4) is 17.2 Å². The number of aromatic hydroxyl groups is 1. The van der Waals surface area contributed by atoms with Crippen LogP contribution in [0.15, 0.2) is 67.0 Å². The Morgan fingerprint density at radius 2 is 2.03 bits per heavy atom. The van der Waals surface area contributed by atoms with Crippen molar-refractivity contribution in [3.63, 3.8) is 0 Å². The lowest BCUT2D eigenvalue weighted by Gasteiger charge is -2.20. The fraction of sp³-hybridized carbons (Fsp3) is 0.280. The van der Waals surface area contributed by atoms with Gasteiger partial charge in [-0.2, -0.15) is 0 Å². The van der Waals surface area contributed by atoms with E-state index in [1.807, 2.05) is 42.6 Å². The van der Waals surface area contributed by atoms with Crippen LogP contribution in [0.1, 0.15) is 29.0 Å². The Bertz CT molecular complexity index is 1090. The van der Waals surface area contributed by atoms with Crippen molar-refractivity contribution in [1.82, 2.24) is 15.2 Å². The summed E-state index contributed by atoms with van der Waals surface area (Å²) in [7, 11) is 0. The highest BCUT2D eigenvalue weighted by Crippen LogP contribution is 2.35. The van der Waals surface area contributed by atoms with E-state index in [0.29, 0.717) is 24.3 Å². The number of nitrogens with zero attached hydrogens (tertiary/aromatic N) is 2. The van der Waals surface area contributed by atoms with Gasteiger partial charge in [0.2, 0.25) is 5.91 Å². The van der Waals surface area contributed by atoms with Gasteiger partial charge >= 0.3 is 0 Å². The van der Waals surface area contributed by atoms with E-state index in [1.54, 1.807) is 12.3 Å². The van der Waals surface area contributed by atoms with E-state index in [-0.39, 0.29) is 23.6 Å². The molecule has 4 bridgehead atoms. The summed E-state index contributed by atoms with van der Waals surface area (Å²) in [6.07, 6.45) is 4.66. The number of aromatic nitrogens is 1. The molecule has 158 valence electrons. The van der Waals surface area contributed by atoms with E-state index in [1.165, 1.54) is 0 Å². The van der Waals surface area contributed by atoms with Gasteiger partial charge in [0.25, 0.3) is 0 Å². The number of aryl methyl sites for hydroxylation is 1. The Labute approximate surface area is 181 Å². The molecule has 0 saturated carbocycles. The minimum atomic E-state index is 0.0247. The van der Waals surface area contributed by atoms with Crippen molar-refractivity contribution in [3.05, 3.63) is 83.7 Å². The van der Waals surface area contributed by atoms with Crippen LogP contribution in [0.5, 0.6) is 17.2 Å². The third kappa shape index (κ3) is 4.39. The molecule has 1 saturated heterocycles. The number of hydrogen-bond donors (Lipinski definition) is 2. The number of carbonyl (C=O) groups excluding carboxylic acids is 1. The summed E-state index contributed by atoms with van der Waals surface area (Å²) in [5.41, 5.74) is 3.24. The number of nitrogens with one attached hydrogen (secondary N) is 1. The minimum Gasteiger partial charge on any atom is -0.504 e. The fourth-order valence-electron chi connectivity index (χ4n) is 4.52. The number of pyridine rings is 1. The van der Waals surface area contributed by atoms with E-state index >= 15 is 0 Å². The highest BCUT2D eigenvalue weighted by atomic mass is 16.5. The van der Waals surface area contributed by atoms with Gasteiger partial charge in [0.1, 0.15) is 5.75 Å². The van der Waals surface area contributed by atoms with Gasteiger partial charge in [0.05, 0.1) is 0 Å². The summed E-state index contributed by atoms with van der Waals surface area (Å²) in [5, 5.41) is 13.5. The number of fused-ring (bicyclic) bond motifs is 6. The van der Waals surface area contributed by atoms with Crippen molar-refractivity contribution >= 4 is 5.91 Å². The van der Waals surface area contributed by atoms with Gasteiger partial charge in [0, 0.05) is 50.4 Å². The summed E-state index contributed by atoms with van der Waals surface area (Å²) < 4.78 is 6.02. The first-order valence-corrected chi connectivity index (χ1v) is 10.6. The zero-order valence-electron chi connectivity index (χ0n) is 17.2. The number of carbonyl (C=O) groups is 1. The van der Waals surface area contributed by atoms with E-state index in [0.717, 1.165) is 36.3 Å². The molecule has 5 rings (SSSR count). The molecule has 31 heavy (non-hydrogen) atoms. The minimum absolute atomic E-state index is 0.0247. The number of phenols is 1. The Morgan fingerprint density at radius 1 is 1.10 bits per heavy atom. The molecule has 2 aliphatic heterocycles. The second kappa shape index (κ2) is 8.40. The zero-order chi connectivity index (χ0) is 21.2. The van der Waals surface area contributed by atoms with Crippen LogP contribution in [-0.4, -0.2) is 40.0 Å². The molecule has 6 nitrogen and oxygen atoms in total. The maximum absolute atomic E-state index is 12.8. The average Bonchev–Trinajstić information content (AvgIpc) is 3.16. The molecule has 0 spiro atoms. The SMILES string of the molecule is O=C1CCc2ccc(O)c(c2)Oc2cccc(c2)[C@@H]2CN(Cc3cccnc3)C[C@H]2N1. The smallest absolute Gasteiger partial charge is 0.220 e. The lowest BCUT2D eigenvalue weighted by molar-refractivity contribution is -0.121. The van der Waals surface area contributed by atoms with Gasteiger partial charge in [-0.15, -0.1) is 0 Å². The van der Waals surface area contributed by atoms with Crippen LogP contribution in [0.25, 0.3) is 0 Å². The van der Waals surface area contributed by atoms with Gasteiger partial charge < -0.3 is 15.2 Å². The largest absolute Gasteiger partial charge is 0.504 e. The second-order valence-electron chi connectivity index (χ2n) is 8.31. The van der Waals surface area contributed by atoms with Crippen molar-refractivity contribution < 1.29 is 14.6 Å². The first-order valence-electron chi connectivity index (χ1n) is 10.6. The van der Waals surface area contributed by atoms with E-state index in [9.17, 15) is 9.90 Å². The predicted molar refractivity (Wildman–Crippen MR) is 117 cm³/mol. The van der Waals surface area contributed by atoms with Crippen molar-refractivity contribution in [2.75, 3.05) is 13.1 Å². The van der Waals surface area contributed by atoms with Crippen LogP contribution in [0, 0.1) is 0 Å². The Balaban J connectivity index is 1.46. The number of rotatable bonds is 2. The molecule has 0 aliphatic carbocycles. The van der Waals surface area contributed by atoms with Gasteiger partial charge in [-0.1, -0.05) is 24.3 Å². The molecule has 1 amide bonds. The maximum Gasteiger partial charge on any atom is 0.220 e. The summed E-state index contributed by atoms with van der Waals surface area (Å²) >= 11 is 0. The number of likely N-dealkylation sites (tertiary alicyclic amines) is 1. The number of ether oxygens (including phenoxy) is 1. The molecule has 2 aliphatic rings. The molecule has 2 atom stereocenters. The number of benzene rings is 2. The number of amides is 1. The molecule has 3 heterocycles. The first kappa shape index (κ1) is 19.6. The monoisotopic (exact) mass is 415 g/mol. The third-order valence-electron chi connectivity index (χ3n) is 6.05. The van der Waals surface area contributed by atoms with Crippen LogP contribution >= 0.6 is 0 Å². The van der Waals surface area contributed by atoms with Gasteiger partial charge in [0.15, 0.2) is 11.5 Å². The van der Waals surface area contributed by atoms with Gasteiger partial charge in [-0.3, -0.25) is 14.7 Å². The Hall–Kier alpha value is -3.38. The molecular weight excluding hydrogens is 390 g/mol. The van der Waals surface area contributed by atoms with Crippen LogP contribution < -0.4 is 10.1 Å². The van der Waals surface area contributed by atoms with Gasteiger partial charge in [-0.25, -0.2) is 0 Å². The summed E-state index contributed by atoms with van der Waals surface area (Å²) in [6, 6.07) is 17.3. The third-order valence-corrected chi connectivity index (χ3v) is 6.05. The summed E-state index contributed by atoms with van der Waals surface area (Å²) in [6.45, 7) is 2.42. The highest BCUT2D eigenvalue weighted by Gasteiger charge is 2.35. The van der Waals surface area contributed by atoms with Crippen molar-refractivity contribution in [1.29, 1.82) is 0 Å². The molecule has 1 aromatic heterocycles.